The summed E-state index contributed by atoms with van der Waals surface area (Å²) in [5, 5.41) is 8.46. The fourth-order valence-electron chi connectivity index (χ4n) is 7.47. The Morgan fingerprint density at radius 3 is 2.31 bits per heavy atom. The van der Waals surface area contributed by atoms with Crippen LogP contribution in [-0.4, -0.2) is 117 Å². The first-order valence-corrected chi connectivity index (χ1v) is 23.1. The topological polar surface area (TPSA) is 244 Å². The number of benzene rings is 3. The monoisotopic (exact) mass is 943 g/mol. The van der Waals surface area contributed by atoms with Crippen LogP contribution < -0.4 is 20.7 Å². The van der Waals surface area contributed by atoms with E-state index in [1.54, 1.807) is 43.5 Å². The number of carbonyl (C=O) groups excluding carboxylic acids is 6. The first-order valence-electron chi connectivity index (χ1n) is 21.4. The van der Waals surface area contributed by atoms with Crippen LogP contribution in [0.2, 0.25) is 0 Å². The predicted molar refractivity (Wildman–Crippen MR) is 240 cm³/mol. The first-order chi connectivity index (χ1) is 32.2. The summed E-state index contributed by atoms with van der Waals surface area (Å²) in [6.45, 7) is 4.04. The number of halogens is 2. The van der Waals surface area contributed by atoms with Crippen molar-refractivity contribution in [1.82, 2.24) is 25.5 Å². The van der Waals surface area contributed by atoms with Gasteiger partial charge in [-0.3, -0.25) is 43.7 Å². The third-order valence-electron chi connectivity index (χ3n) is 10.8. The van der Waals surface area contributed by atoms with E-state index in [9.17, 15) is 41.6 Å². The fourth-order valence-corrected chi connectivity index (χ4v) is 8.60. The molecule has 18 nitrogen and oxygen atoms in total. The number of pyridine rings is 1. The second-order valence-electron chi connectivity index (χ2n) is 15.6. The molecule has 2 aliphatic rings. The van der Waals surface area contributed by atoms with E-state index in [4.69, 9.17) is 14.2 Å². The third-order valence-corrected chi connectivity index (χ3v) is 12.3. The van der Waals surface area contributed by atoms with Gasteiger partial charge in [0.15, 0.2) is 5.82 Å². The molecule has 0 spiro atoms. The second kappa shape index (κ2) is 21.6. The summed E-state index contributed by atoms with van der Waals surface area (Å²) in [6.07, 6.45) is 3.40. The standard InChI is InChI=1S/C46H47F2N7O11S/c1-2-21-67(62,63)54-36-10-9-35(47)40(41(36)48)42(58)34-26-52-43-32(34)22-29(25-51-43)28-5-3-27(4-6-28)24-50-38(56)13-15-64-17-19-66-20-18-65-16-14-49-30-7-8-31-33(23-30)46(61)55(45(31)60)37-11-12-39(57)53-44(37)59/h3-10,22-23,25-26,37,49,54H,2,11-21,24H2,1H3,(H,50,56)(H,51,52)(H,53,57,59). The number of anilines is 2. The number of ketones is 1. The number of aromatic amines is 1. The maximum absolute atomic E-state index is 15.4. The molecule has 7 rings (SSSR count). The van der Waals surface area contributed by atoms with Gasteiger partial charge in [0, 0.05) is 60.5 Å². The van der Waals surface area contributed by atoms with Gasteiger partial charge >= 0.3 is 0 Å². The minimum atomic E-state index is -3.91. The predicted octanol–water partition coefficient (Wildman–Crippen LogP) is 4.46. The molecule has 5 aromatic rings. The Morgan fingerprint density at radius 1 is 0.866 bits per heavy atom. The van der Waals surface area contributed by atoms with Gasteiger partial charge in [0.25, 0.3) is 11.8 Å². The van der Waals surface area contributed by atoms with Crippen LogP contribution in [0.3, 0.4) is 0 Å². The van der Waals surface area contributed by atoms with Crippen LogP contribution in [0, 0.1) is 11.6 Å². The maximum atomic E-state index is 15.4. The summed E-state index contributed by atoms with van der Waals surface area (Å²) in [5.41, 5.74) is 1.93. The zero-order chi connectivity index (χ0) is 47.7. The highest BCUT2D eigenvalue weighted by Gasteiger charge is 2.44. The van der Waals surface area contributed by atoms with E-state index in [0.29, 0.717) is 55.3 Å². The molecule has 67 heavy (non-hydrogen) atoms. The molecule has 1 fully saturated rings. The van der Waals surface area contributed by atoms with Crippen molar-refractivity contribution < 1.29 is 60.2 Å². The normalized spacial score (nSPS) is 14.9. The van der Waals surface area contributed by atoms with Crippen molar-refractivity contribution in [3.8, 4) is 11.1 Å². The number of rotatable bonds is 23. The van der Waals surface area contributed by atoms with Gasteiger partial charge in [-0.25, -0.2) is 22.2 Å². The third kappa shape index (κ3) is 11.5. The lowest BCUT2D eigenvalue weighted by molar-refractivity contribution is -0.136. The molecule has 0 radical (unpaired) electrons. The van der Waals surface area contributed by atoms with Crippen molar-refractivity contribution in [1.29, 1.82) is 0 Å². The number of hydrogen-bond acceptors (Lipinski definition) is 13. The molecule has 21 heteroatoms. The van der Waals surface area contributed by atoms with Crippen molar-refractivity contribution in [2.24, 2.45) is 0 Å². The lowest BCUT2D eigenvalue weighted by Crippen LogP contribution is -2.54. The molecule has 0 bridgehead atoms. The quantitative estimate of drug-likeness (QED) is 0.0346. The number of sulfonamides is 1. The number of amides is 5. The lowest BCUT2D eigenvalue weighted by Gasteiger charge is -2.27. The van der Waals surface area contributed by atoms with Gasteiger partial charge in [0.05, 0.1) is 67.8 Å². The number of fused-ring (bicyclic) bond motifs is 2. The number of hydrogen-bond donors (Lipinski definition) is 5. The number of aromatic nitrogens is 2. The summed E-state index contributed by atoms with van der Waals surface area (Å²) in [4.78, 5) is 83.8. The molecular formula is C46H47F2N7O11S. The highest BCUT2D eigenvalue weighted by Crippen LogP contribution is 2.31. The van der Waals surface area contributed by atoms with Gasteiger partial charge in [0.1, 0.15) is 17.5 Å². The number of imide groups is 2. The molecule has 1 saturated heterocycles. The summed E-state index contributed by atoms with van der Waals surface area (Å²) in [5.74, 6) is -6.21. The number of nitrogens with one attached hydrogen (secondary N) is 5. The summed E-state index contributed by atoms with van der Waals surface area (Å²) >= 11 is 0. The number of piperidine rings is 1. The molecule has 5 N–H and O–H groups in total. The Hall–Kier alpha value is -6.94. The van der Waals surface area contributed by atoms with Crippen molar-refractivity contribution in [3.63, 3.8) is 0 Å². The van der Waals surface area contributed by atoms with Gasteiger partial charge in [-0.05, 0) is 60.4 Å². The summed E-state index contributed by atoms with van der Waals surface area (Å²) in [6, 6.07) is 14.4. The molecule has 5 amide bonds. The number of nitrogens with zero attached hydrogens (tertiary/aromatic N) is 2. The largest absolute Gasteiger partial charge is 0.383 e. The lowest BCUT2D eigenvalue weighted by atomic mass is 9.99. The average molecular weight is 944 g/mol. The fraction of sp³-hybridized carbons (Fsp3) is 0.326. The van der Waals surface area contributed by atoms with E-state index in [1.807, 2.05) is 12.1 Å². The molecule has 1 atom stereocenters. The Labute approximate surface area is 383 Å². The van der Waals surface area contributed by atoms with E-state index < -0.39 is 68.4 Å². The Kier molecular flexibility index (Phi) is 15.5. The van der Waals surface area contributed by atoms with Crippen molar-refractivity contribution in [3.05, 3.63) is 113 Å². The number of ether oxygens (including phenoxy) is 3. The SMILES string of the molecule is CCCS(=O)(=O)Nc1ccc(F)c(C(=O)c2c[nH]c3ncc(-c4ccc(CNC(=O)CCOCCOCCOCCNc5ccc6c(c5)C(=O)N(C5CCC(=O)NC5=O)C6=O)cc4)cc23)c1F. The number of carbonyl (C=O) groups is 6. The van der Waals surface area contributed by atoms with Crippen LogP contribution in [-0.2, 0) is 45.2 Å². The van der Waals surface area contributed by atoms with Crippen LogP contribution in [0.15, 0.2) is 73.1 Å². The van der Waals surface area contributed by atoms with E-state index in [0.717, 1.165) is 28.2 Å². The zero-order valence-electron chi connectivity index (χ0n) is 36.2. The van der Waals surface area contributed by atoms with Crippen molar-refractivity contribution in [2.75, 3.05) is 62.0 Å². The smallest absolute Gasteiger partial charge is 0.262 e. The zero-order valence-corrected chi connectivity index (χ0v) is 37.1. The molecule has 2 aliphatic heterocycles. The van der Waals surface area contributed by atoms with Crippen LogP contribution >= 0.6 is 0 Å². The molecule has 0 saturated carbocycles. The molecule has 0 aliphatic carbocycles. The van der Waals surface area contributed by atoms with E-state index in [1.165, 1.54) is 12.3 Å². The molecule has 4 heterocycles. The minimum absolute atomic E-state index is 0.0448. The molecule has 2 aromatic heterocycles. The Morgan fingerprint density at radius 2 is 1.58 bits per heavy atom. The molecule has 3 aromatic carbocycles. The van der Waals surface area contributed by atoms with Crippen LogP contribution in [0.1, 0.15) is 74.8 Å². The first kappa shape index (κ1) is 48.0. The van der Waals surface area contributed by atoms with Crippen LogP contribution in [0.25, 0.3) is 22.2 Å². The molecular weight excluding hydrogens is 897 g/mol. The van der Waals surface area contributed by atoms with E-state index in [2.05, 4.69) is 30.6 Å². The van der Waals surface area contributed by atoms with Gasteiger partial charge in [-0.1, -0.05) is 31.2 Å². The van der Waals surface area contributed by atoms with E-state index >= 15 is 4.39 Å². The summed E-state index contributed by atoms with van der Waals surface area (Å²) < 4.78 is 73.5. The summed E-state index contributed by atoms with van der Waals surface area (Å²) in [7, 11) is -3.91. The van der Waals surface area contributed by atoms with E-state index in [-0.39, 0.29) is 73.8 Å². The van der Waals surface area contributed by atoms with Crippen molar-refractivity contribution in [2.45, 2.75) is 45.2 Å². The highest BCUT2D eigenvalue weighted by molar-refractivity contribution is 7.92. The number of H-pyrrole nitrogens is 1. The highest BCUT2D eigenvalue weighted by atomic mass is 32.2. The van der Waals surface area contributed by atoms with Gasteiger partial charge in [0.2, 0.25) is 33.5 Å². The Balaban J connectivity index is 0.768. The van der Waals surface area contributed by atoms with Gasteiger partial charge < -0.3 is 29.8 Å². The molecule has 352 valence electrons. The molecule has 1 unspecified atom stereocenters. The Bertz CT molecular complexity index is 2820. The minimum Gasteiger partial charge on any atom is -0.383 e. The van der Waals surface area contributed by atoms with Gasteiger partial charge in [-0.2, -0.15) is 0 Å². The average Bonchev–Trinajstić information content (AvgIpc) is 3.84. The second-order valence-corrected chi connectivity index (χ2v) is 17.4. The van der Waals surface area contributed by atoms with Crippen LogP contribution in [0.5, 0.6) is 0 Å². The maximum Gasteiger partial charge on any atom is 0.262 e. The van der Waals surface area contributed by atoms with Crippen LogP contribution in [0.4, 0.5) is 20.2 Å². The van der Waals surface area contributed by atoms with Gasteiger partial charge in [-0.15, -0.1) is 0 Å². The van der Waals surface area contributed by atoms with Crippen molar-refractivity contribution >= 4 is 67.8 Å².